The Hall–Kier alpha value is -1.52. The Kier molecular flexibility index (Phi) is 3.93. The Morgan fingerprint density at radius 1 is 1.44 bits per heavy atom. The maximum absolute atomic E-state index is 13.2. The minimum absolute atomic E-state index is 0.178. The zero-order chi connectivity index (χ0) is 12.2. The molecule has 0 aliphatic heterocycles. The van der Waals surface area contributed by atoms with Gasteiger partial charge in [-0.1, -0.05) is 6.92 Å². The van der Waals surface area contributed by atoms with Crippen LogP contribution in [0, 0.1) is 0 Å². The van der Waals surface area contributed by atoms with Gasteiger partial charge in [0.1, 0.15) is 5.69 Å². The number of alkyl halides is 2. The molecule has 1 aromatic heterocycles. The summed E-state index contributed by atoms with van der Waals surface area (Å²) >= 11 is 0. The molecule has 3 nitrogen and oxygen atoms in total. The molecule has 0 spiro atoms. The van der Waals surface area contributed by atoms with Crippen LogP contribution in [0.1, 0.15) is 36.3 Å². The fourth-order valence-electron chi connectivity index (χ4n) is 1.13. The number of aromatic nitrogens is 1. The third-order valence-corrected chi connectivity index (χ3v) is 2.09. The molecule has 0 aromatic carbocycles. The summed E-state index contributed by atoms with van der Waals surface area (Å²) < 4.78 is 31.1. The number of ether oxygens (including phenoxy) is 1. The zero-order valence-corrected chi connectivity index (χ0v) is 9.17. The molecule has 0 amide bonds. The van der Waals surface area contributed by atoms with Gasteiger partial charge in [-0.25, -0.2) is 4.79 Å². The predicted octanol–water partition coefficient (Wildman–Crippen LogP) is 2.76. The number of pyridine rings is 1. The fraction of sp³-hybridized carbons (Fsp3) is 0.455. The minimum atomic E-state index is -2.95. The van der Waals surface area contributed by atoms with Gasteiger partial charge in [0.2, 0.25) is 0 Å². The summed E-state index contributed by atoms with van der Waals surface area (Å²) in [4.78, 5) is 14.8. The van der Waals surface area contributed by atoms with Crippen LogP contribution in [0.15, 0.2) is 18.3 Å². The molecule has 0 atom stereocenters. The monoisotopic (exact) mass is 229 g/mol. The molecular formula is C11H13F2NO2. The molecule has 0 radical (unpaired) electrons. The van der Waals surface area contributed by atoms with Crippen molar-refractivity contribution in [3.63, 3.8) is 0 Å². The van der Waals surface area contributed by atoms with Crippen LogP contribution >= 0.6 is 0 Å². The van der Waals surface area contributed by atoms with Gasteiger partial charge in [-0.05, 0) is 19.1 Å². The van der Waals surface area contributed by atoms with Crippen LogP contribution in [0.2, 0.25) is 0 Å². The van der Waals surface area contributed by atoms with Crippen LogP contribution in [-0.2, 0) is 10.7 Å². The number of carbonyl (C=O) groups excluding carboxylic acids is 1. The van der Waals surface area contributed by atoms with E-state index in [1.54, 1.807) is 6.92 Å². The van der Waals surface area contributed by atoms with E-state index in [-0.39, 0.29) is 24.3 Å². The standard InChI is InChI=1S/C11H13F2NO2/c1-3-11(12,13)9-6-5-8(7-14-9)10(15)16-4-2/h5-7H,3-4H2,1-2H3. The van der Waals surface area contributed by atoms with Gasteiger partial charge in [-0.3, -0.25) is 4.98 Å². The van der Waals surface area contributed by atoms with E-state index in [4.69, 9.17) is 4.74 Å². The van der Waals surface area contributed by atoms with Gasteiger partial charge >= 0.3 is 5.97 Å². The lowest BCUT2D eigenvalue weighted by Gasteiger charge is -2.12. The quantitative estimate of drug-likeness (QED) is 0.745. The number of carbonyl (C=O) groups is 1. The highest BCUT2D eigenvalue weighted by Gasteiger charge is 2.30. The average molecular weight is 229 g/mol. The number of esters is 1. The van der Waals surface area contributed by atoms with E-state index in [0.29, 0.717) is 0 Å². The lowest BCUT2D eigenvalue weighted by atomic mass is 10.1. The van der Waals surface area contributed by atoms with E-state index < -0.39 is 11.9 Å². The molecule has 1 heterocycles. The van der Waals surface area contributed by atoms with Gasteiger partial charge in [0.25, 0.3) is 5.92 Å². The molecule has 0 unspecified atom stereocenters. The number of nitrogens with zero attached hydrogens (tertiary/aromatic N) is 1. The van der Waals surface area contributed by atoms with Gasteiger partial charge in [0.15, 0.2) is 0 Å². The number of rotatable bonds is 4. The van der Waals surface area contributed by atoms with Crippen molar-refractivity contribution in [3.05, 3.63) is 29.6 Å². The molecule has 0 saturated heterocycles. The van der Waals surface area contributed by atoms with Crippen molar-refractivity contribution < 1.29 is 18.3 Å². The van der Waals surface area contributed by atoms with E-state index >= 15 is 0 Å². The molecule has 0 fully saturated rings. The van der Waals surface area contributed by atoms with E-state index in [1.165, 1.54) is 13.0 Å². The molecule has 88 valence electrons. The van der Waals surface area contributed by atoms with Crippen molar-refractivity contribution in [1.82, 2.24) is 4.98 Å². The van der Waals surface area contributed by atoms with Crippen molar-refractivity contribution in [2.45, 2.75) is 26.2 Å². The Morgan fingerprint density at radius 2 is 2.12 bits per heavy atom. The first-order valence-electron chi connectivity index (χ1n) is 5.02. The van der Waals surface area contributed by atoms with E-state index in [2.05, 4.69) is 4.98 Å². The van der Waals surface area contributed by atoms with Crippen LogP contribution in [0.3, 0.4) is 0 Å². The summed E-state index contributed by atoms with van der Waals surface area (Å²) in [7, 11) is 0. The molecule has 0 N–H and O–H groups in total. The molecule has 0 aliphatic carbocycles. The highest BCUT2D eigenvalue weighted by Crippen LogP contribution is 2.29. The van der Waals surface area contributed by atoms with E-state index in [1.807, 2.05) is 0 Å². The number of hydrogen-bond donors (Lipinski definition) is 0. The summed E-state index contributed by atoms with van der Waals surface area (Å²) in [5.74, 6) is -3.51. The van der Waals surface area contributed by atoms with Crippen molar-refractivity contribution >= 4 is 5.97 Å². The summed E-state index contributed by atoms with van der Waals surface area (Å²) in [5, 5.41) is 0. The van der Waals surface area contributed by atoms with E-state index in [9.17, 15) is 13.6 Å². The topological polar surface area (TPSA) is 39.2 Å². The van der Waals surface area contributed by atoms with Crippen LogP contribution < -0.4 is 0 Å². The maximum Gasteiger partial charge on any atom is 0.339 e. The van der Waals surface area contributed by atoms with Crippen LogP contribution in [-0.4, -0.2) is 17.6 Å². The highest BCUT2D eigenvalue weighted by molar-refractivity contribution is 5.88. The summed E-state index contributed by atoms with van der Waals surface area (Å²) in [6.07, 6.45) is 0.787. The summed E-state index contributed by atoms with van der Waals surface area (Å²) in [6, 6.07) is 2.44. The van der Waals surface area contributed by atoms with Gasteiger partial charge in [0.05, 0.1) is 12.2 Å². The van der Waals surface area contributed by atoms with Gasteiger partial charge in [-0.2, -0.15) is 8.78 Å². The lowest BCUT2D eigenvalue weighted by Crippen LogP contribution is -2.14. The van der Waals surface area contributed by atoms with Gasteiger partial charge in [0, 0.05) is 12.6 Å². The second-order valence-corrected chi connectivity index (χ2v) is 3.21. The normalized spacial score (nSPS) is 11.2. The summed E-state index contributed by atoms with van der Waals surface area (Å²) in [6.45, 7) is 3.29. The molecule has 16 heavy (non-hydrogen) atoms. The third kappa shape index (κ3) is 2.74. The van der Waals surface area contributed by atoms with Crippen molar-refractivity contribution in [2.24, 2.45) is 0 Å². The van der Waals surface area contributed by atoms with Gasteiger partial charge < -0.3 is 4.74 Å². The second kappa shape index (κ2) is 5.01. The second-order valence-electron chi connectivity index (χ2n) is 3.21. The van der Waals surface area contributed by atoms with Crippen LogP contribution in [0.25, 0.3) is 0 Å². The maximum atomic E-state index is 13.2. The predicted molar refractivity (Wildman–Crippen MR) is 54.4 cm³/mol. The molecule has 5 heteroatoms. The van der Waals surface area contributed by atoms with Crippen molar-refractivity contribution in [1.29, 1.82) is 0 Å². The fourth-order valence-corrected chi connectivity index (χ4v) is 1.13. The molecule has 0 bridgehead atoms. The highest BCUT2D eigenvalue weighted by atomic mass is 19.3. The van der Waals surface area contributed by atoms with Crippen molar-refractivity contribution in [3.8, 4) is 0 Å². The average Bonchev–Trinajstić information content (AvgIpc) is 2.29. The Balaban J connectivity index is 2.87. The first-order chi connectivity index (χ1) is 7.51. The van der Waals surface area contributed by atoms with E-state index in [0.717, 1.165) is 12.3 Å². The SMILES string of the molecule is CCOC(=O)c1ccc(C(F)(F)CC)nc1. The smallest absolute Gasteiger partial charge is 0.339 e. The number of halogens is 2. The zero-order valence-electron chi connectivity index (χ0n) is 9.17. The Bertz CT molecular complexity index is 363. The number of hydrogen-bond acceptors (Lipinski definition) is 3. The molecule has 0 saturated carbocycles. The van der Waals surface area contributed by atoms with Crippen LogP contribution in [0.5, 0.6) is 0 Å². The molecule has 1 aromatic rings. The first-order valence-corrected chi connectivity index (χ1v) is 5.02. The van der Waals surface area contributed by atoms with Gasteiger partial charge in [-0.15, -0.1) is 0 Å². The Morgan fingerprint density at radius 3 is 2.56 bits per heavy atom. The van der Waals surface area contributed by atoms with Crippen LogP contribution in [0.4, 0.5) is 8.78 Å². The minimum Gasteiger partial charge on any atom is -0.462 e. The molecular weight excluding hydrogens is 216 g/mol. The molecule has 1 rings (SSSR count). The molecule has 0 aliphatic rings. The Labute approximate surface area is 92.4 Å². The first kappa shape index (κ1) is 12.5. The lowest BCUT2D eigenvalue weighted by molar-refractivity contribution is -0.0128. The third-order valence-electron chi connectivity index (χ3n) is 2.09. The summed E-state index contributed by atoms with van der Waals surface area (Å²) in [5.41, 5.74) is -0.152. The van der Waals surface area contributed by atoms with Crippen molar-refractivity contribution in [2.75, 3.05) is 6.61 Å². The largest absolute Gasteiger partial charge is 0.462 e.